The molecule has 1 saturated heterocycles. The van der Waals surface area contributed by atoms with Crippen LogP contribution in [0.5, 0.6) is 0 Å². The Morgan fingerprint density at radius 1 is 1.16 bits per heavy atom. The summed E-state index contributed by atoms with van der Waals surface area (Å²) >= 11 is 1.27. The third-order valence-electron chi connectivity index (χ3n) is 4.98. The molecule has 9 heteroatoms. The Balaban J connectivity index is 1.59. The lowest BCUT2D eigenvalue weighted by atomic mass is 10.3. The second kappa shape index (κ2) is 10.4. The highest BCUT2D eigenvalue weighted by molar-refractivity contribution is 7.99. The van der Waals surface area contributed by atoms with E-state index in [0.29, 0.717) is 49.6 Å². The first-order valence-corrected chi connectivity index (χ1v) is 11.3. The van der Waals surface area contributed by atoms with E-state index in [1.54, 1.807) is 27.7 Å². The number of anilines is 2. The van der Waals surface area contributed by atoms with Gasteiger partial charge in [-0.25, -0.2) is 4.39 Å². The molecule has 0 N–H and O–H groups in total. The van der Waals surface area contributed by atoms with Gasteiger partial charge in [0, 0.05) is 25.3 Å². The molecular weight excluding hydrogens is 429 g/mol. The second-order valence-electron chi connectivity index (χ2n) is 7.11. The molecule has 0 aliphatic carbocycles. The van der Waals surface area contributed by atoms with Gasteiger partial charge in [-0.15, -0.1) is 16.8 Å². The fourth-order valence-electron chi connectivity index (χ4n) is 3.46. The van der Waals surface area contributed by atoms with Gasteiger partial charge in [0.2, 0.25) is 11.9 Å². The molecule has 3 aromatic rings. The SMILES string of the molecule is C=CCN(C(=O)CSc1nnc(N2CCOCC2)n1-c1cccc(F)c1)c1ccccc1. The highest BCUT2D eigenvalue weighted by Crippen LogP contribution is 2.28. The number of hydrogen-bond acceptors (Lipinski definition) is 6. The predicted molar refractivity (Wildman–Crippen MR) is 124 cm³/mol. The van der Waals surface area contributed by atoms with Crippen molar-refractivity contribution < 1.29 is 13.9 Å². The molecule has 1 fully saturated rings. The van der Waals surface area contributed by atoms with Crippen LogP contribution in [-0.4, -0.2) is 59.3 Å². The van der Waals surface area contributed by atoms with Gasteiger partial charge in [0.05, 0.1) is 24.7 Å². The maximum absolute atomic E-state index is 14.0. The lowest BCUT2D eigenvalue weighted by Gasteiger charge is -2.28. The van der Waals surface area contributed by atoms with Gasteiger partial charge in [0.1, 0.15) is 5.82 Å². The van der Waals surface area contributed by atoms with Crippen LogP contribution in [-0.2, 0) is 9.53 Å². The number of rotatable bonds is 8. The van der Waals surface area contributed by atoms with Crippen molar-refractivity contribution in [1.29, 1.82) is 0 Å². The molecule has 1 aliphatic heterocycles. The summed E-state index contributed by atoms with van der Waals surface area (Å²) in [6, 6.07) is 15.7. The molecule has 1 aliphatic rings. The third kappa shape index (κ3) is 5.00. The number of thioether (sulfide) groups is 1. The molecule has 4 rings (SSSR count). The molecule has 0 bridgehead atoms. The number of nitrogens with zero attached hydrogens (tertiary/aromatic N) is 5. The zero-order chi connectivity index (χ0) is 22.3. The van der Waals surface area contributed by atoms with Gasteiger partial charge in [0.15, 0.2) is 5.16 Å². The Kier molecular flexibility index (Phi) is 7.18. The number of halogens is 1. The van der Waals surface area contributed by atoms with Gasteiger partial charge >= 0.3 is 0 Å². The quantitative estimate of drug-likeness (QED) is 0.384. The minimum Gasteiger partial charge on any atom is -0.378 e. The molecule has 7 nitrogen and oxygen atoms in total. The highest BCUT2D eigenvalue weighted by Gasteiger charge is 2.23. The summed E-state index contributed by atoms with van der Waals surface area (Å²) in [6.45, 7) is 6.67. The fraction of sp³-hybridized carbons (Fsp3) is 0.261. The molecule has 0 atom stereocenters. The average Bonchev–Trinajstić information content (AvgIpc) is 3.26. The monoisotopic (exact) mass is 453 g/mol. The van der Waals surface area contributed by atoms with Crippen LogP contribution >= 0.6 is 11.8 Å². The van der Waals surface area contributed by atoms with Crippen LogP contribution in [0.2, 0.25) is 0 Å². The lowest BCUT2D eigenvalue weighted by molar-refractivity contribution is -0.116. The van der Waals surface area contributed by atoms with Crippen molar-refractivity contribution in [2.24, 2.45) is 0 Å². The molecule has 0 radical (unpaired) electrons. The van der Waals surface area contributed by atoms with Crippen molar-refractivity contribution in [2.75, 3.05) is 48.4 Å². The van der Waals surface area contributed by atoms with Crippen molar-refractivity contribution in [3.8, 4) is 5.69 Å². The molecule has 166 valence electrons. The van der Waals surface area contributed by atoms with E-state index in [9.17, 15) is 9.18 Å². The first-order chi connectivity index (χ1) is 15.7. The van der Waals surface area contributed by atoms with E-state index in [1.807, 2.05) is 30.3 Å². The Bertz CT molecular complexity index is 1070. The first-order valence-electron chi connectivity index (χ1n) is 10.3. The molecule has 0 saturated carbocycles. The molecule has 32 heavy (non-hydrogen) atoms. The average molecular weight is 454 g/mol. The normalized spacial score (nSPS) is 13.7. The summed E-state index contributed by atoms with van der Waals surface area (Å²) < 4.78 is 21.2. The van der Waals surface area contributed by atoms with Crippen LogP contribution in [0.25, 0.3) is 5.69 Å². The number of para-hydroxylation sites is 1. The van der Waals surface area contributed by atoms with Crippen molar-refractivity contribution in [1.82, 2.24) is 14.8 Å². The number of benzene rings is 2. The van der Waals surface area contributed by atoms with Crippen molar-refractivity contribution in [3.05, 3.63) is 73.1 Å². The zero-order valence-corrected chi connectivity index (χ0v) is 18.4. The summed E-state index contributed by atoms with van der Waals surface area (Å²) in [5, 5.41) is 9.21. The number of hydrogen-bond donors (Lipinski definition) is 0. The second-order valence-corrected chi connectivity index (χ2v) is 8.06. The Labute approximate surface area is 190 Å². The highest BCUT2D eigenvalue weighted by atomic mass is 32.2. The summed E-state index contributed by atoms with van der Waals surface area (Å²) in [5.74, 6) is 0.333. The summed E-state index contributed by atoms with van der Waals surface area (Å²) in [4.78, 5) is 16.8. The van der Waals surface area contributed by atoms with E-state index in [1.165, 1.54) is 23.9 Å². The largest absolute Gasteiger partial charge is 0.378 e. The third-order valence-corrected chi connectivity index (χ3v) is 5.90. The lowest BCUT2D eigenvalue weighted by Crippen LogP contribution is -2.38. The fourth-order valence-corrected chi connectivity index (χ4v) is 4.28. The molecule has 0 unspecified atom stereocenters. The number of ether oxygens (including phenoxy) is 1. The number of carbonyl (C=O) groups is 1. The van der Waals surface area contributed by atoms with Crippen LogP contribution in [0.15, 0.2) is 72.4 Å². The first kappa shape index (κ1) is 22.0. The smallest absolute Gasteiger partial charge is 0.237 e. The summed E-state index contributed by atoms with van der Waals surface area (Å²) in [5.41, 5.74) is 1.41. The molecule has 0 spiro atoms. The van der Waals surface area contributed by atoms with Crippen molar-refractivity contribution in [2.45, 2.75) is 5.16 Å². The van der Waals surface area contributed by atoms with E-state index in [2.05, 4.69) is 21.7 Å². The van der Waals surface area contributed by atoms with Crippen LogP contribution < -0.4 is 9.80 Å². The van der Waals surface area contributed by atoms with E-state index in [4.69, 9.17) is 4.74 Å². The standard InChI is InChI=1S/C23H24FN5O2S/c1-2-11-28(19-8-4-3-5-9-19)21(30)17-32-23-26-25-22(27-12-14-31-15-13-27)29(23)20-10-6-7-18(24)16-20/h2-10,16H,1,11-15,17H2. The maximum Gasteiger partial charge on any atom is 0.237 e. The molecule has 1 amide bonds. The molecule has 2 heterocycles. The number of amides is 1. The van der Waals surface area contributed by atoms with E-state index in [-0.39, 0.29) is 17.5 Å². The summed E-state index contributed by atoms with van der Waals surface area (Å²) in [6.07, 6.45) is 1.70. The topological polar surface area (TPSA) is 63.5 Å². The van der Waals surface area contributed by atoms with Crippen LogP contribution in [0.3, 0.4) is 0 Å². The zero-order valence-electron chi connectivity index (χ0n) is 17.6. The Morgan fingerprint density at radius 3 is 2.66 bits per heavy atom. The van der Waals surface area contributed by atoms with Gasteiger partial charge in [-0.3, -0.25) is 9.36 Å². The van der Waals surface area contributed by atoms with Crippen LogP contribution in [0, 0.1) is 5.82 Å². The van der Waals surface area contributed by atoms with E-state index >= 15 is 0 Å². The number of carbonyl (C=O) groups excluding carboxylic acids is 1. The molecular formula is C23H24FN5O2S. The van der Waals surface area contributed by atoms with Gasteiger partial charge in [0.25, 0.3) is 0 Å². The number of aromatic nitrogens is 3. The Morgan fingerprint density at radius 2 is 1.94 bits per heavy atom. The molecule has 1 aromatic heterocycles. The maximum atomic E-state index is 14.0. The van der Waals surface area contributed by atoms with Crippen LogP contribution in [0.1, 0.15) is 0 Å². The minimum atomic E-state index is -0.350. The van der Waals surface area contributed by atoms with Crippen molar-refractivity contribution >= 4 is 29.3 Å². The Hall–Kier alpha value is -3.17. The van der Waals surface area contributed by atoms with Crippen LogP contribution in [0.4, 0.5) is 16.0 Å². The van der Waals surface area contributed by atoms with E-state index < -0.39 is 0 Å². The van der Waals surface area contributed by atoms with Gasteiger partial charge < -0.3 is 14.5 Å². The van der Waals surface area contributed by atoms with Gasteiger partial charge in [-0.2, -0.15) is 0 Å². The summed E-state index contributed by atoms with van der Waals surface area (Å²) in [7, 11) is 0. The molecule has 2 aromatic carbocycles. The number of morpholine rings is 1. The predicted octanol–water partition coefficient (Wildman–Crippen LogP) is 3.55. The minimum absolute atomic E-state index is 0.0807. The van der Waals surface area contributed by atoms with Gasteiger partial charge in [-0.1, -0.05) is 42.1 Å². The van der Waals surface area contributed by atoms with Crippen molar-refractivity contribution in [3.63, 3.8) is 0 Å². The van der Waals surface area contributed by atoms with E-state index in [0.717, 1.165) is 5.69 Å². The van der Waals surface area contributed by atoms with Gasteiger partial charge in [-0.05, 0) is 30.3 Å².